The van der Waals surface area contributed by atoms with E-state index in [9.17, 15) is 9.59 Å². The molecule has 1 fully saturated rings. The lowest BCUT2D eigenvalue weighted by atomic mass is 9.83. The molecule has 154 valence electrons. The third kappa shape index (κ3) is 5.37. The summed E-state index contributed by atoms with van der Waals surface area (Å²) in [4.78, 5) is 29.4. The van der Waals surface area contributed by atoms with Crippen molar-refractivity contribution in [1.29, 1.82) is 0 Å². The van der Waals surface area contributed by atoms with Gasteiger partial charge < -0.3 is 10.2 Å². The lowest BCUT2D eigenvalue weighted by Crippen LogP contribution is -2.53. The van der Waals surface area contributed by atoms with E-state index < -0.39 is 5.41 Å². The summed E-state index contributed by atoms with van der Waals surface area (Å²) < 4.78 is 0. The van der Waals surface area contributed by atoms with Crippen LogP contribution in [0.5, 0.6) is 0 Å². The zero-order valence-electron chi connectivity index (χ0n) is 17.0. The second kappa shape index (κ2) is 9.42. The highest BCUT2D eigenvalue weighted by molar-refractivity contribution is 6.33. The first kappa shape index (κ1) is 21.3. The van der Waals surface area contributed by atoms with Gasteiger partial charge in [-0.15, -0.1) is 0 Å². The minimum atomic E-state index is -0.543. The maximum atomic E-state index is 13.1. The number of piperazine rings is 1. The predicted molar refractivity (Wildman–Crippen MR) is 117 cm³/mol. The van der Waals surface area contributed by atoms with Crippen molar-refractivity contribution in [3.05, 3.63) is 65.2 Å². The third-order valence-corrected chi connectivity index (χ3v) is 5.82. The zero-order chi connectivity index (χ0) is 20.9. The van der Waals surface area contributed by atoms with Crippen LogP contribution in [0.1, 0.15) is 25.8 Å². The molecular weight excluding hydrogens is 386 g/mol. The summed E-state index contributed by atoms with van der Waals surface area (Å²) in [5, 5.41) is 3.39. The molecule has 0 aromatic heterocycles. The van der Waals surface area contributed by atoms with E-state index in [0.717, 1.165) is 18.7 Å². The highest BCUT2D eigenvalue weighted by atomic mass is 35.5. The summed E-state index contributed by atoms with van der Waals surface area (Å²) in [6.45, 7) is 7.54. The number of anilines is 1. The molecule has 2 amide bonds. The summed E-state index contributed by atoms with van der Waals surface area (Å²) in [5.41, 5.74) is 1.12. The number of nitrogens with one attached hydrogen (secondary N) is 1. The molecule has 2 aromatic carbocycles. The Morgan fingerprint density at radius 2 is 1.59 bits per heavy atom. The molecule has 0 unspecified atom stereocenters. The van der Waals surface area contributed by atoms with Gasteiger partial charge in [0.2, 0.25) is 11.8 Å². The monoisotopic (exact) mass is 413 g/mol. The number of halogens is 1. The number of hydrogen-bond donors (Lipinski definition) is 1. The minimum absolute atomic E-state index is 0.0539. The lowest BCUT2D eigenvalue weighted by molar-refractivity contribution is -0.138. The Labute approximate surface area is 177 Å². The molecule has 3 rings (SSSR count). The van der Waals surface area contributed by atoms with Gasteiger partial charge in [0.1, 0.15) is 0 Å². The Morgan fingerprint density at radius 3 is 2.24 bits per heavy atom. The molecule has 1 heterocycles. The van der Waals surface area contributed by atoms with Crippen molar-refractivity contribution in [3.63, 3.8) is 0 Å². The van der Waals surface area contributed by atoms with E-state index in [0.29, 0.717) is 36.8 Å². The van der Waals surface area contributed by atoms with E-state index in [-0.39, 0.29) is 11.8 Å². The van der Waals surface area contributed by atoms with Gasteiger partial charge in [-0.3, -0.25) is 14.5 Å². The van der Waals surface area contributed by atoms with E-state index in [2.05, 4.69) is 10.2 Å². The summed E-state index contributed by atoms with van der Waals surface area (Å²) in [7, 11) is 0. The highest BCUT2D eigenvalue weighted by Gasteiger charge is 2.34. The first-order valence-electron chi connectivity index (χ1n) is 9.99. The number of benzene rings is 2. The Bertz CT molecular complexity index is 846. The van der Waals surface area contributed by atoms with Crippen molar-refractivity contribution >= 4 is 29.1 Å². The Kier molecular flexibility index (Phi) is 6.93. The second-order valence-corrected chi connectivity index (χ2v) is 8.31. The van der Waals surface area contributed by atoms with Crippen molar-refractivity contribution in [2.75, 3.05) is 38.0 Å². The molecular formula is C23H28ClN3O2. The SMILES string of the molecule is CC(C)(C(=O)N1CCN(CCC(=O)Nc2ccccc2Cl)CC1)c1ccccc1. The molecule has 0 bridgehead atoms. The van der Waals surface area contributed by atoms with E-state index in [4.69, 9.17) is 11.6 Å². The van der Waals surface area contributed by atoms with Crippen molar-refractivity contribution in [2.24, 2.45) is 0 Å². The van der Waals surface area contributed by atoms with Crippen LogP contribution in [-0.2, 0) is 15.0 Å². The number of amides is 2. The first-order valence-corrected chi connectivity index (χ1v) is 10.4. The molecule has 1 aliphatic rings. The number of nitrogens with zero attached hydrogens (tertiary/aromatic N) is 2. The zero-order valence-corrected chi connectivity index (χ0v) is 17.8. The van der Waals surface area contributed by atoms with Crippen LogP contribution in [0.3, 0.4) is 0 Å². The van der Waals surface area contributed by atoms with Crippen LogP contribution in [0.15, 0.2) is 54.6 Å². The predicted octanol–water partition coefficient (Wildman–Crippen LogP) is 3.79. The molecule has 6 heteroatoms. The third-order valence-electron chi connectivity index (χ3n) is 5.49. The summed E-state index contributed by atoms with van der Waals surface area (Å²) in [6.07, 6.45) is 0.397. The van der Waals surface area contributed by atoms with Crippen LogP contribution in [0.2, 0.25) is 5.02 Å². The normalized spacial score (nSPS) is 15.2. The Morgan fingerprint density at radius 1 is 0.966 bits per heavy atom. The van der Waals surface area contributed by atoms with Gasteiger partial charge in [0.15, 0.2) is 0 Å². The molecule has 0 atom stereocenters. The Balaban J connectivity index is 1.46. The van der Waals surface area contributed by atoms with Crippen LogP contribution in [0.4, 0.5) is 5.69 Å². The fourth-order valence-electron chi connectivity index (χ4n) is 3.58. The van der Waals surface area contributed by atoms with Crippen molar-refractivity contribution in [1.82, 2.24) is 9.80 Å². The summed E-state index contributed by atoms with van der Waals surface area (Å²) in [5.74, 6) is 0.0987. The Hall–Kier alpha value is -2.37. The molecule has 1 aliphatic heterocycles. The molecule has 5 nitrogen and oxygen atoms in total. The van der Waals surface area contributed by atoms with E-state index >= 15 is 0 Å². The van der Waals surface area contributed by atoms with Crippen LogP contribution in [0.25, 0.3) is 0 Å². The van der Waals surface area contributed by atoms with E-state index in [1.807, 2.05) is 61.2 Å². The molecule has 0 radical (unpaired) electrons. The lowest BCUT2D eigenvalue weighted by Gasteiger charge is -2.38. The van der Waals surface area contributed by atoms with Gasteiger partial charge in [-0.1, -0.05) is 54.1 Å². The second-order valence-electron chi connectivity index (χ2n) is 7.90. The van der Waals surface area contributed by atoms with Crippen molar-refractivity contribution < 1.29 is 9.59 Å². The van der Waals surface area contributed by atoms with Gasteiger partial charge in [-0.2, -0.15) is 0 Å². The molecule has 29 heavy (non-hydrogen) atoms. The van der Waals surface area contributed by atoms with Gasteiger partial charge in [0.05, 0.1) is 16.1 Å². The molecule has 1 saturated heterocycles. The van der Waals surface area contributed by atoms with Gasteiger partial charge >= 0.3 is 0 Å². The largest absolute Gasteiger partial charge is 0.339 e. The van der Waals surface area contributed by atoms with Gasteiger partial charge in [0, 0.05) is 39.1 Å². The highest BCUT2D eigenvalue weighted by Crippen LogP contribution is 2.26. The number of hydrogen-bond acceptors (Lipinski definition) is 3. The average Bonchev–Trinajstić information content (AvgIpc) is 2.74. The first-order chi connectivity index (χ1) is 13.9. The minimum Gasteiger partial charge on any atom is -0.339 e. The van der Waals surface area contributed by atoms with E-state index in [1.54, 1.807) is 12.1 Å². The average molecular weight is 414 g/mol. The van der Waals surface area contributed by atoms with Crippen LogP contribution in [0, 0.1) is 0 Å². The number of carbonyl (C=O) groups excluding carboxylic acids is 2. The van der Waals surface area contributed by atoms with Gasteiger partial charge in [-0.25, -0.2) is 0 Å². The fraction of sp³-hybridized carbons (Fsp3) is 0.391. The molecule has 0 aliphatic carbocycles. The van der Waals surface area contributed by atoms with E-state index in [1.165, 1.54) is 0 Å². The van der Waals surface area contributed by atoms with Crippen LogP contribution >= 0.6 is 11.6 Å². The molecule has 1 N–H and O–H groups in total. The molecule has 2 aromatic rings. The van der Waals surface area contributed by atoms with Crippen LogP contribution in [-0.4, -0.2) is 54.3 Å². The summed E-state index contributed by atoms with van der Waals surface area (Å²) >= 11 is 6.08. The topological polar surface area (TPSA) is 52.7 Å². The maximum Gasteiger partial charge on any atom is 0.232 e. The van der Waals surface area contributed by atoms with Crippen molar-refractivity contribution in [3.8, 4) is 0 Å². The molecule has 0 spiro atoms. The number of rotatable bonds is 6. The smallest absolute Gasteiger partial charge is 0.232 e. The molecule has 0 saturated carbocycles. The summed E-state index contributed by atoms with van der Waals surface area (Å²) in [6, 6.07) is 17.1. The maximum absolute atomic E-state index is 13.1. The van der Waals surface area contributed by atoms with Crippen molar-refractivity contribution in [2.45, 2.75) is 25.7 Å². The van der Waals surface area contributed by atoms with Crippen LogP contribution < -0.4 is 5.32 Å². The van der Waals surface area contributed by atoms with Gasteiger partial charge in [-0.05, 0) is 31.5 Å². The number of carbonyl (C=O) groups is 2. The number of para-hydroxylation sites is 1. The van der Waals surface area contributed by atoms with Gasteiger partial charge in [0.25, 0.3) is 0 Å². The quantitative estimate of drug-likeness (QED) is 0.783. The fourth-order valence-corrected chi connectivity index (χ4v) is 3.77. The standard InChI is InChI=1S/C23H28ClN3O2/c1-23(2,18-8-4-3-5-9-18)22(29)27-16-14-26(15-17-27)13-12-21(28)25-20-11-7-6-10-19(20)24/h3-11H,12-17H2,1-2H3,(H,25,28).